The molecule has 0 amide bonds. The number of carboxylic acids is 1. The van der Waals surface area contributed by atoms with Crippen LogP contribution in [0.5, 0.6) is 5.75 Å². The normalized spacial score (nSPS) is 12.4. The molecule has 2 aromatic rings. The number of rotatable bonds is 3. The summed E-state index contributed by atoms with van der Waals surface area (Å²) in [6.07, 6.45) is 0.864. The first kappa shape index (κ1) is 12.1. The summed E-state index contributed by atoms with van der Waals surface area (Å²) in [6, 6.07) is 14.1. The average molecular weight is 272 g/mol. The van der Waals surface area contributed by atoms with E-state index in [0.717, 1.165) is 6.42 Å². The lowest BCUT2D eigenvalue weighted by molar-refractivity contribution is -0.139. The third-order valence-electron chi connectivity index (χ3n) is 2.97. The van der Waals surface area contributed by atoms with Gasteiger partial charge in [-0.1, -0.05) is 30.0 Å². The Labute approximate surface area is 115 Å². The molecule has 96 valence electrons. The molecule has 0 atom stereocenters. The van der Waals surface area contributed by atoms with Gasteiger partial charge in [-0.2, -0.15) is 0 Å². The Bertz CT molecular complexity index is 637. The Hall–Kier alpha value is -1.94. The van der Waals surface area contributed by atoms with Gasteiger partial charge in [0.25, 0.3) is 0 Å². The van der Waals surface area contributed by atoms with Crippen LogP contribution in [0.3, 0.4) is 0 Å². The van der Waals surface area contributed by atoms with E-state index >= 15 is 0 Å². The maximum atomic E-state index is 10.5. The summed E-state index contributed by atoms with van der Waals surface area (Å²) < 4.78 is 5.21. The van der Waals surface area contributed by atoms with E-state index < -0.39 is 5.97 Å². The lowest BCUT2D eigenvalue weighted by atomic mass is 10.0. The van der Waals surface area contributed by atoms with Crippen LogP contribution < -0.4 is 4.74 Å². The summed E-state index contributed by atoms with van der Waals surface area (Å²) in [5.41, 5.74) is 2.49. The van der Waals surface area contributed by atoms with Crippen molar-refractivity contribution in [3.05, 3.63) is 53.6 Å². The fourth-order valence-electron chi connectivity index (χ4n) is 2.10. The Kier molecular flexibility index (Phi) is 3.17. The Balaban J connectivity index is 1.85. The van der Waals surface area contributed by atoms with Gasteiger partial charge in [0.15, 0.2) is 6.61 Å². The maximum absolute atomic E-state index is 10.5. The molecule has 0 aromatic heterocycles. The van der Waals surface area contributed by atoms with Crippen molar-refractivity contribution < 1.29 is 14.6 Å². The van der Waals surface area contributed by atoms with E-state index in [-0.39, 0.29) is 6.61 Å². The zero-order valence-electron chi connectivity index (χ0n) is 10.1. The molecule has 0 aliphatic carbocycles. The highest BCUT2D eigenvalue weighted by Gasteiger charge is 2.16. The fourth-order valence-corrected chi connectivity index (χ4v) is 3.15. The minimum atomic E-state index is -0.961. The SMILES string of the molecule is O=C(O)COc1ccc2c(c1)Cc1ccccc1S2. The van der Waals surface area contributed by atoms with Crippen molar-refractivity contribution >= 4 is 17.7 Å². The monoisotopic (exact) mass is 272 g/mol. The van der Waals surface area contributed by atoms with Crippen LogP contribution in [0.4, 0.5) is 0 Å². The summed E-state index contributed by atoms with van der Waals surface area (Å²) in [5, 5.41) is 8.61. The van der Waals surface area contributed by atoms with Gasteiger partial charge in [0, 0.05) is 9.79 Å². The third kappa shape index (κ3) is 2.58. The van der Waals surface area contributed by atoms with Crippen molar-refractivity contribution in [1.29, 1.82) is 0 Å². The lowest BCUT2D eigenvalue weighted by Gasteiger charge is -2.19. The van der Waals surface area contributed by atoms with Gasteiger partial charge in [-0.15, -0.1) is 0 Å². The van der Waals surface area contributed by atoms with E-state index in [1.807, 2.05) is 30.3 Å². The number of hydrogen-bond acceptors (Lipinski definition) is 3. The molecule has 3 nitrogen and oxygen atoms in total. The van der Waals surface area contributed by atoms with E-state index in [0.29, 0.717) is 5.75 Å². The number of fused-ring (bicyclic) bond motifs is 2. The van der Waals surface area contributed by atoms with Crippen molar-refractivity contribution in [3.8, 4) is 5.75 Å². The van der Waals surface area contributed by atoms with E-state index in [2.05, 4.69) is 12.1 Å². The molecule has 0 saturated heterocycles. The molecule has 0 radical (unpaired) electrons. The quantitative estimate of drug-likeness (QED) is 0.795. The van der Waals surface area contributed by atoms with E-state index in [4.69, 9.17) is 9.84 Å². The zero-order valence-corrected chi connectivity index (χ0v) is 10.9. The van der Waals surface area contributed by atoms with Crippen molar-refractivity contribution in [2.75, 3.05) is 6.61 Å². The van der Waals surface area contributed by atoms with Crippen molar-refractivity contribution in [2.45, 2.75) is 16.2 Å². The third-order valence-corrected chi connectivity index (χ3v) is 4.20. The van der Waals surface area contributed by atoms with Gasteiger partial charge in [-0.25, -0.2) is 4.79 Å². The van der Waals surface area contributed by atoms with Gasteiger partial charge in [-0.3, -0.25) is 0 Å². The number of carboxylic acid groups (broad SMARTS) is 1. The smallest absolute Gasteiger partial charge is 0.341 e. The van der Waals surface area contributed by atoms with Crippen LogP contribution in [0.2, 0.25) is 0 Å². The predicted molar refractivity (Wildman–Crippen MR) is 72.9 cm³/mol. The first-order valence-electron chi connectivity index (χ1n) is 5.95. The summed E-state index contributed by atoms with van der Waals surface area (Å²) >= 11 is 1.74. The van der Waals surface area contributed by atoms with Gasteiger partial charge in [0.05, 0.1) is 0 Å². The molecule has 1 aliphatic rings. The van der Waals surface area contributed by atoms with Crippen molar-refractivity contribution in [3.63, 3.8) is 0 Å². The van der Waals surface area contributed by atoms with Crippen LogP contribution >= 0.6 is 11.8 Å². The summed E-state index contributed by atoms with van der Waals surface area (Å²) in [7, 11) is 0. The Morgan fingerprint density at radius 3 is 2.79 bits per heavy atom. The molecule has 2 aromatic carbocycles. The summed E-state index contributed by atoms with van der Waals surface area (Å²) in [4.78, 5) is 13.0. The Morgan fingerprint density at radius 2 is 1.95 bits per heavy atom. The van der Waals surface area contributed by atoms with Gasteiger partial charge in [0.1, 0.15) is 5.75 Å². The van der Waals surface area contributed by atoms with Crippen LogP contribution in [0.1, 0.15) is 11.1 Å². The second kappa shape index (κ2) is 4.97. The number of carbonyl (C=O) groups is 1. The van der Waals surface area contributed by atoms with E-state index in [9.17, 15) is 4.79 Å². The predicted octanol–water partition coefficient (Wildman–Crippen LogP) is 3.21. The zero-order chi connectivity index (χ0) is 13.2. The molecule has 1 N–H and O–H groups in total. The van der Waals surface area contributed by atoms with Gasteiger partial charge < -0.3 is 9.84 Å². The number of ether oxygens (including phenoxy) is 1. The largest absolute Gasteiger partial charge is 0.482 e. The van der Waals surface area contributed by atoms with Crippen molar-refractivity contribution in [1.82, 2.24) is 0 Å². The second-order valence-corrected chi connectivity index (χ2v) is 5.42. The molecule has 0 spiro atoms. The van der Waals surface area contributed by atoms with Crippen LogP contribution in [0.25, 0.3) is 0 Å². The van der Waals surface area contributed by atoms with Gasteiger partial charge in [0.2, 0.25) is 0 Å². The van der Waals surface area contributed by atoms with Gasteiger partial charge in [-0.05, 0) is 41.8 Å². The highest BCUT2D eigenvalue weighted by molar-refractivity contribution is 7.99. The number of aliphatic carboxylic acids is 1. The second-order valence-electron chi connectivity index (χ2n) is 4.34. The molecular formula is C15H12O3S. The fraction of sp³-hybridized carbons (Fsp3) is 0.133. The molecule has 3 rings (SSSR count). The molecule has 1 heterocycles. The highest BCUT2D eigenvalue weighted by atomic mass is 32.2. The van der Waals surface area contributed by atoms with Crippen LogP contribution in [-0.4, -0.2) is 17.7 Å². The van der Waals surface area contributed by atoms with Gasteiger partial charge >= 0.3 is 5.97 Å². The highest BCUT2D eigenvalue weighted by Crippen LogP contribution is 2.40. The minimum Gasteiger partial charge on any atom is -0.482 e. The molecule has 19 heavy (non-hydrogen) atoms. The number of benzene rings is 2. The first-order valence-corrected chi connectivity index (χ1v) is 6.77. The molecule has 4 heteroatoms. The van der Waals surface area contributed by atoms with E-state index in [1.165, 1.54) is 20.9 Å². The van der Waals surface area contributed by atoms with Crippen molar-refractivity contribution in [2.24, 2.45) is 0 Å². The molecule has 0 saturated carbocycles. The first-order chi connectivity index (χ1) is 9.22. The molecule has 0 fully saturated rings. The summed E-state index contributed by atoms with van der Waals surface area (Å²) in [6.45, 7) is -0.303. The molecule has 0 unspecified atom stereocenters. The van der Waals surface area contributed by atoms with Crippen LogP contribution in [0.15, 0.2) is 52.3 Å². The molecule has 0 bridgehead atoms. The Morgan fingerprint density at radius 1 is 1.16 bits per heavy atom. The van der Waals surface area contributed by atoms with Crippen LogP contribution in [-0.2, 0) is 11.2 Å². The van der Waals surface area contributed by atoms with Crippen LogP contribution in [0, 0.1) is 0 Å². The minimum absolute atomic E-state index is 0.303. The molecular weight excluding hydrogens is 260 g/mol. The topological polar surface area (TPSA) is 46.5 Å². The van der Waals surface area contributed by atoms with E-state index in [1.54, 1.807) is 11.8 Å². The standard InChI is InChI=1S/C15H12O3S/c16-15(17)9-18-12-5-6-14-11(8-12)7-10-3-1-2-4-13(10)19-14/h1-6,8H,7,9H2,(H,16,17). The molecule has 1 aliphatic heterocycles. The maximum Gasteiger partial charge on any atom is 0.341 e. The lowest BCUT2D eigenvalue weighted by Crippen LogP contribution is -2.10. The summed E-state index contributed by atoms with van der Waals surface area (Å²) in [5.74, 6) is -0.349. The number of hydrogen-bond donors (Lipinski definition) is 1. The average Bonchev–Trinajstić information content (AvgIpc) is 2.42.